The molecule has 0 N–H and O–H groups in total. The third kappa shape index (κ3) is 1.95. The van der Waals surface area contributed by atoms with Crippen LogP contribution in [0, 0.1) is 6.92 Å². The summed E-state index contributed by atoms with van der Waals surface area (Å²) in [5.74, 6) is 0.856. The van der Waals surface area contributed by atoms with Crippen molar-refractivity contribution in [2.75, 3.05) is 5.75 Å². The minimum absolute atomic E-state index is 0.856. The second-order valence-electron chi connectivity index (χ2n) is 1.69. The first-order valence-electron chi connectivity index (χ1n) is 2.73. The highest BCUT2D eigenvalue weighted by Gasteiger charge is 1.96. The lowest BCUT2D eigenvalue weighted by Crippen LogP contribution is -1.82. The van der Waals surface area contributed by atoms with Crippen LogP contribution in [0.4, 0.5) is 0 Å². The molecule has 0 aliphatic carbocycles. The van der Waals surface area contributed by atoms with Crippen molar-refractivity contribution in [1.29, 1.82) is 0 Å². The van der Waals surface area contributed by atoms with Crippen molar-refractivity contribution in [3.63, 3.8) is 0 Å². The molecule has 0 amide bonds. The van der Waals surface area contributed by atoms with Crippen LogP contribution in [-0.2, 0) is 6.42 Å². The average molecular weight is 160 g/mol. The molecule has 0 fully saturated rings. The molecule has 0 radical (unpaired) electrons. The first-order chi connectivity index (χ1) is 4.33. The molecule has 0 unspecified atom stereocenters. The van der Waals surface area contributed by atoms with Gasteiger partial charge in [0.1, 0.15) is 10.0 Å². The van der Waals surface area contributed by atoms with Crippen LogP contribution in [0.1, 0.15) is 10.0 Å². The van der Waals surface area contributed by atoms with E-state index in [0.717, 1.165) is 22.2 Å². The summed E-state index contributed by atoms with van der Waals surface area (Å²) in [6.45, 7) is 1.96. The second kappa shape index (κ2) is 3.17. The fourth-order valence-electron chi connectivity index (χ4n) is 0.534. The zero-order valence-corrected chi connectivity index (χ0v) is 6.88. The Balaban J connectivity index is 2.61. The zero-order chi connectivity index (χ0) is 6.69. The van der Waals surface area contributed by atoms with Crippen molar-refractivity contribution >= 4 is 24.0 Å². The monoisotopic (exact) mass is 160 g/mol. The Morgan fingerprint density at radius 3 is 2.78 bits per heavy atom. The van der Waals surface area contributed by atoms with Crippen molar-refractivity contribution in [3.8, 4) is 0 Å². The predicted octanol–water partition coefficient (Wildman–Crippen LogP) is 1.32. The summed E-state index contributed by atoms with van der Waals surface area (Å²) < 4.78 is 0. The number of aryl methyl sites for hydroxylation is 2. The summed E-state index contributed by atoms with van der Waals surface area (Å²) in [5.41, 5.74) is 0. The lowest BCUT2D eigenvalue weighted by molar-refractivity contribution is 0.971. The Bertz CT molecular complexity index is 185. The first-order valence-corrected chi connectivity index (χ1v) is 4.17. The maximum Gasteiger partial charge on any atom is 0.118 e. The number of hydrogen-bond donors (Lipinski definition) is 1. The molecule has 1 heterocycles. The summed E-state index contributed by atoms with van der Waals surface area (Å²) >= 11 is 5.72. The van der Waals surface area contributed by atoms with Gasteiger partial charge >= 0.3 is 0 Å². The van der Waals surface area contributed by atoms with E-state index in [1.807, 2.05) is 6.92 Å². The fraction of sp³-hybridized carbons (Fsp3) is 0.600. The lowest BCUT2D eigenvalue weighted by Gasteiger charge is -1.82. The second-order valence-corrected chi connectivity index (χ2v) is 3.40. The highest BCUT2D eigenvalue weighted by Crippen LogP contribution is 2.08. The molecule has 0 saturated heterocycles. The summed E-state index contributed by atoms with van der Waals surface area (Å²) in [6, 6.07) is 0. The molecule has 50 valence electrons. The quantitative estimate of drug-likeness (QED) is 0.660. The molecule has 0 aliphatic rings. The smallest absolute Gasteiger partial charge is 0.118 e. The van der Waals surface area contributed by atoms with E-state index in [-0.39, 0.29) is 0 Å². The highest BCUT2D eigenvalue weighted by molar-refractivity contribution is 7.80. The van der Waals surface area contributed by atoms with Crippen LogP contribution in [-0.4, -0.2) is 16.0 Å². The fourth-order valence-corrected chi connectivity index (χ4v) is 1.61. The maximum absolute atomic E-state index is 4.08. The zero-order valence-electron chi connectivity index (χ0n) is 5.16. The predicted molar refractivity (Wildman–Crippen MR) is 42.2 cm³/mol. The first kappa shape index (κ1) is 7.02. The molecule has 0 atom stereocenters. The van der Waals surface area contributed by atoms with E-state index in [0.29, 0.717) is 0 Å². The molecule has 2 nitrogen and oxygen atoms in total. The Kier molecular flexibility index (Phi) is 2.48. The largest absolute Gasteiger partial charge is 0.179 e. The molecule has 0 saturated carbocycles. The minimum Gasteiger partial charge on any atom is -0.179 e. The molecular weight excluding hydrogens is 152 g/mol. The molecule has 1 aromatic rings. The van der Waals surface area contributed by atoms with Gasteiger partial charge in [-0.3, -0.25) is 0 Å². The third-order valence-electron chi connectivity index (χ3n) is 0.894. The van der Waals surface area contributed by atoms with Crippen LogP contribution < -0.4 is 0 Å². The maximum atomic E-state index is 4.08. The van der Waals surface area contributed by atoms with Gasteiger partial charge in [0, 0.05) is 6.42 Å². The van der Waals surface area contributed by atoms with Crippen molar-refractivity contribution in [2.24, 2.45) is 0 Å². The molecule has 9 heavy (non-hydrogen) atoms. The van der Waals surface area contributed by atoms with Crippen LogP contribution in [0.5, 0.6) is 0 Å². The van der Waals surface area contributed by atoms with E-state index >= 15 is 0 Å². The van der Waals surface area contributed by atoms with Gasteiger partial charge in [-0.15, -0.1) is 21.5 Å². The van der Waals surface area contributed by atoms with E-state index in [1.165, 1.54) is 0 Å². The molecule has 0 bridgehead atoms. The van der Waals surface area contributed by atoms with Gasteiger partial charge < -0.3 is 0 Å². The van der Waals surface area contributed by atoms with E-state index in [9.17, 15) is 0 Å². The van der Waals surface area contributed by atoms with Gasteiger partial charge in [-0.1, -0.05) is 0 Å². The Morgan fingerprint density at radius 2 is 2.33 bits per heavy atom. The number of hydrogen-bond acceptors (Lipinski definition) is 4. The average Bonchev–Trinajstić information content (AvgIpc) is 2.17. The Labute approximate surface area is 63.7 Å². The van der Waals surface area contributed by atoms with Crippen LogP contribution in [0.25, 0.3) is 0 Å². The van der Waals surface area contributed by atoms with Crippen molar-refractivity contribution in [3.05, 3.63) is 10.0 Å². The van der Waals surface area contributed by atoms with Crippen LogP contribution in [0.3, 0.4) is 0 Å². The summed E-state index contributed by atoms with van der Waals surface area (Å²) in [6.07, 6.45) is 0.939. The van der Waals surface area contributed by atoms with E-state index in [1.54, 1.807) is 11.3 Å². The van der Waals surface area contributed by atoms with Gasteiger partial charge in [-0.25, -0.2) is 0 Å². The van der Waals surface area contributed by atoms with Gasteiger partial charge in [-0.2, -0.15) is 12.6 Å². The molecule has 1 rings (SSSR count). The number of aromatic nitrogens is 2. The number of nitrogens with zero attached hydrogens (tertiary/aromatic N) is 2. The van der Waals surface area contributed by atoms with E-state index < -0.39 is 0 Å². The summed E-state index contributed by atoms with van der Waals surface area (Å²) in [4.78, 5) is 0. The van der Waals surface area contributed by atoms with Crippen molar-refractivity contribution < 1.29 is 0 Å². The SMILES string of the molecule is Cc1nnc(CCS)s1. The molecule has 0 aromatic carbocycles. The molecule has 0 aliphatic heterocycles. The van der Waals surface area contributed by atoms with Gasteiger partial charge in [0.05, 0.1) is 0 Å². The van der Waals surface area contributed by atoms with Gasteiger partial charge in [0.15, 0.2) is 0 Å². The third-order valence-corrected chi connectivity index (χ3v) is 2.02. The summed E-state index contributed by atoms with van der Waals surface area (Å²) in [5, 5.41) is 9.91. The lowest BCUT2D eigenvalue weighted by atomic mass is 10.5. The number of thiol groups is 1. The van der Waals surface area contributed by atoms with Crippen LogP contribution >= 0.6 is 24.0 Å². The molecule has 4 heteroatoms. The minimum atomic E-state index is 0.856. The summed E-state index contributed by atoms with van der Waals surface area (Å²) in [7, 11) is 0. The van der Waals surface area contributed by atoms with Crippen molar-refractivity contribution in [1.82, 2.24) is 10.2 Å². The molecule has 0 spiro atoms. The normalized spacial score (nSPS) is 10.0. The van der Waals surface area contributed by atoms with Gasteiger partial charge in [-0.05, 0) is 12.7 Å². The van der Waals surface area contributed by atoms with E-state index in [4.69, 9.17) is 0 Å². The number of rotatable bonds is 2. The highest BCUT2D eigenvalue weighted by atomic mass is 32.1. The topological polar surface area (TPSA) is 25.8 Å². The van der Waals surface area contributed by atoms with Gasteiger partial charge in [0.2, 0.25) is 0 Å². The van der Waals surface area contributed by atoms with E-state index in [2.05, 4.69) is 22.8 Å². The standard InChI is InChI=1S/C5H8N2S2/c1-4-6-7-5(9-4)2-3-8/h8H,2-3H2,1H3. The molecular formula is C5H8N2S2. The van der Waals surface area contributed by atoms with Crippen LogP contribution in [0.2, 0.25) is 0 Å². The Morgan fingerprint density at radius 1 is 1.56 bits per heavy atom. The van der Waals surface area contributed by atoms with Crippen LogP contribution in [0.15, 0.2) is 0 Å². The Hall–Kier alpha value is -0.0900. The molecule has 1 aromatic heterocycles. The van der Waals surface area contributed by atoms with Gasteiger partial charge in [0.25, 0.3) is 0 Å². The van der Waals surface area contributed by atoms with Crippen molar-refractivity contribution in [2.45, 2.75) is 13.3 Å².